The predicted octanol–water partition coefficient (Wildman–Crippen LogP) is 2.09. The molecule has 1 saturated heterocycles. The number of rotatable bonds is 6. The maximum atomic E-state index is 12.7. The summed E-state index contributed by atoms with van der Waals surface area (Å²) in [5.41, 5.74) is 3.29. The van der Waals surface area contributed by atoms with Crippen molar-refractivity contribution in [3.8, 4) is 6.07 Å². The number of amides is 2. The summed E-state index contributed by atoms with van der Waals surface area (Å²) in [5, 5.41) is 20.1. The van der Waals surface area contributed by atoms with Gasteiger partial charge < -0.3 is 5.32 Å². The molecule has 3 N–H and O–H groups in total. The number of hydrogen-bond donors (Lipinski definition) is 3. The van der Waals surface area contributed by atoms with E-state index in [2.05, 4.69) is 31.2 Å². The first kappa shape index (κ1) is 23.0. The van der Waals surface area contributed by atoms with Crippen molar-refractivity contribution in [2.24, 2.45) is 0 Å². The number of carbonyl (C=O) groups excluding carboxylic acids is 2. The van der Waals surface area contributed by atoms with Crippen LogP contribution in [-0.2, 0) is 19.6 Å². The number of imide groups is 1. The standard InChI is InChI=1S/C22H21N7O4S/c1-12-16(11-23)20(21(24-3)13(2)25-12)14-4-5-17-15(10-14)22(27-26-17)28-34(32,33)9-8-29-18(30)6-7-19(29)31/h4-5,10,20,25H,6-9H2,1-2H3,(H2,26,27,28). The third-order valence-corrected chi connectivity index (χ3v) is 7.10. The molecule has 1 atom stereocenters. The molecule has 2 aliphatic heterocycles. The number of nitriles is 1. The van der Waals surface area contributed by atoms with E-state index < -0.39 is 21.7 Å². The zero-order chi connectivity index (χ0) is 24.6. The maximum absolute atomic E-state index is 12.7. The second-order valence-electron chi connectivity index (χ2n) is 8.07. The number of dihydropyridines is 1. The van der Waals surface area contributed by atoms with Gasteiger partial charge in [-0.2, -0.15) is 10.4 Å². The molecule has 34 heavy (non-hydrogen) atoms. The van der Waals surface area contributed by atoms with E-state index in [0.717, 1.165) is 4.90 Å². The number of benzene rings is 1. The molecule has 3 heterocycles. The van der Waals surface area contributed by atoms with E-state index in [0.29, 0.717) is 39.1 Å². The van der Waals surface area contributed by atoms with Crippen LogP contribution in [0.3, 0.4) is 0 Å². The van der Waals surface area contributed by atoms with Crippen molar-refractivity contribution in [1.29, 1.82) is 5.26 Å². The van der Waals surface area contributed by atoms with Crippen LogP contribution in [0.2, 0.25) is 0 Å². The van der Waals surface area contributed by atoms with Gasteiger partial charge in [0.1, 0.15) is 0 Å². The summed E-state index contributed by atoms with van der Waals surface area (Å²) in [7, 11) is -3.92. The molecule has 2 amide bonds. The van der Waals surface area contributed by atoms with Crippen molar-refractivity contribution in [3.05, 3.63) is 57.8 Å². The number of carbonyl (C=O) groups is 2. The number of likely N-dealkylation sites (tertiary alicyclic amines) is 1. The van der Waals surface area contributed by atoms with Crippen LogP contribution in [0.1, 0.15) is 38.2 Å². The largest absolute Gasteiger partial charge is 0.372 e. The van der Waals surface area contributed by atoms with Crippen molar-refractivity contribution in [3.63, 3.8) is 0 Å². The average molecular weight is 480 g/mol. The Kier molecular flexibility index (Phi) is 5.85. The van der Waals surface area contributed by atoms with E-state index in [4.69, 9.17) is 6.57 Å². The summed E-state index contributed by atoms with van der Waals surface area (Å²) in [5.74, 6) is -1.77. The lowest BCUT2D eigenvalue weighted by Crippen LogP contribution is -2.35. The number of anilines is 1. The summed E-state index contributed by atoms with van der Waals surface area (Å²) in [4.78, 5) is 28.1. The molecule has 1 aromatic carbocycles. The lowest BCUT2D eigenvalue weighted by molar-refractivity contribution is -0.137. The lowest BCUT2D eigenvalue weighted by Gasteiger charge is -2.26. The zero-order valence-electron chi connectivity index (χ0n) is 18.5. The molecule has 1 aromatic heterocycles. The van der Waals surface area contributed by atoms with Crippen molar-refractivity contribution in [2.75, 3.05) is 17.0 Å². The van der Waals surface area contributed by atoms with Gasteiger partial charge in [-0.3, -0.25) is 24.3 Å². The predicted molar refractivity (Wildman–Crippen MR) is 123 cm³/mol. The van der Waals surface area contributed by atoms with Crippen LogP contribution >= 0.6 is 0 Å². The summed E-state index contributed by atoms with van der Waals surface area (Å²) < 4.78 is 27.7. The topological polar surface area (TPSA) is 152 Å². The highest BCUT2D eigenvalue weighted by Crippen LogP contribution is 2.39. The van der Waals surface area contributed by atoms with Crippen molar-refractivity contribution in [2.45, 2.75) is 32.6 Å². The van der Waals surface area contributed by atoms with Crippen LogP contribution in [-0.4, -0.2) is 47.6 Å². The highest BCUT2D eigenvalue weighted by molar-refractivity contribution is 7.92. The van der Waals surface area contributed by atoms with E-state index in [1.54, 1.807) is 32.0 Å². The molecule has 0 bridgehead atoms. The van der Waals surface area contributed by atoms with Crippen LogP contribution < -0.4 is 10.0 Å². The van der Waals surface area contributed by atoms with Gasteiger partial charge in [0.2, 0.25) is 21.8 Å². The molecule has 2 aromatic rings. The van der Waals surface area contributed by atoms with E-state index in [1.807, 2.05) is 0 Å². The molecule has 0 spiro atoms. The molecule has 4 rings (SSSR count). The smallest absolute Gasteiger partial charge is 0.235 e. The molecule has 11 nitrogen and oxygen atoms in total. The highest BCUT2D eigenvalue weighted by atomic mass is 32.2. The summed E-state index contributed by atoms with van der Waals surface area (Å²) in [6, 6.07) is 7.35. The third-order valence-electron chi connectivity index (χ3n) is 5.88. The van der Waals surface area contributed by atoms with E-state index in [-0.39, 0.29) is 37.0 Å². The normalized spacial score (nSPS) is 18.8. The molecular weight excluding hydrogens is 458 g/mol. The monoisotopic (exact) mass is 479 g/mol. The van der Waals surface area contributed by atoms with Crippen molar-refractivity contribution in [1.82, 2.24) is 20.4 Å². The fourth-order valence-corrected chi connectivity index (χ4v) is 5.15. The van der Waals surface area contributed by atoms with Gasteiger partial charge in [-0.1, -0.05) is 6.07 Å². The molecule has 0 radical (unpaired) electrons. The van der Waals surface area contributed by atoms with Crippen LogP contribution in [0.25, 0.3) is 15.7 Å². The van der Waals surface area contributed by atoms with Gasteiger partial charge in [-0.25, -0.2) is 13.3 Å². The Labute approximate surface area is 196 Å². The molecule has 0 aliphatic carbocycles. The average Bonchev–Trinajstić information content (AvgIpc) is 3.33. The molecule has 0 saturated carbocycles. The summed E-state index contributed by atoms with van der Waals surface area (Å²) in [6.45, 7) is 10.9. The number of H-pyrrole nitrogens is 1. The molecule has 12 heteroatoms. The third kappa shape index (κ3) is 4.11. The number of aromatic amines is 1. The van der Waals surface area contributed by atoms with Crippen LogP contribution in [0, 0.1) is 17.9 Å². The number of allylic oxidation sites excluding steroid dienone is 3. The van der Waals surface area contributed by atoms with E-state index >= 15 is 0 Å². The van der Waals surface area contributed by atoms with E-state index in [9.17, 15) is 23.3 Å². The van der Waals surface area contributed by atoms with Crippen LogP contribution in [0.15, 0.2) is 40.9 Å². The molecular formula is C22H21N7O4S. The first-order valence-corrected chi connectivity index (χ1v) is 12.1. The highest BCUT2D eigenvalue weighted by Gasteiger charge is 2.31. The minimum Gasteiger partial charge on any atom is -0.372 e. The molecule has 1 fully saturated rings. The molecule has 2 aliphatic rings. The van der Waals surface area contributed by atoms with Gasteiger partial charge in [0.25, 0.3) is 0 Å². The van der Waals surface area contributed by atoms with Crippen molar-refractivity contribution >= 4 is 38.6 Å². The number of aromatic nitrogens is 2. The first-order valence-electron chi connectivity index (χ1n) is 10.4. The quantitative estimate of drug-likeness (QED) is 0.424. The second-order valence-corrected chi connectivity index (χ2v) is 9.91. The second kappa shape index (κ2) is 8.65. The fraction of sp³-hybridized carbons (Fsp3) is 0.318. The Morgan fingerprint density at radius 1 is 1.26 bits per heavy atom. The Morgan fingerprint density at radius 2 is 1.97 bits per heavy atom. The van der Waals surface area contributed by atoms with Gasteiger partial charge in [0.05, 0.1) is 35.4 Å². The lowest BCUT2D eigenvalue weighted by atomic mass is 9.84. The Hall–Kier alpha value is -4.16. The first-order chi connectivity index (χ1) is 16.1. The SMILES string of the molecule is [C-]#[N+]C1=C(C)NC(C)=C(C#N)C1c1ccc2[nH]nc(NS(=O)(=O)CCN3C(=O)CCC3=O)c2c1. The Morgan fingerprint density at radius 3 is 2.62 bits per heavy atom. The molecule has 174 valence electrons. The minimum atomic E-state index is -3.92. The number of nitrogens with one attached hydrogen (secondary N) is 3. The molecule has 1 unspecified atom stereocenters. The number of nitrogens with zero attached hydrogens (tertiary/aromatic N) is 4. The van der Waals surface area contributed by atoms with Gasteiger partial charge in [-0.05, 0) is 31.5 Å². The van der Waals surface area contributed by atoms with E-state index in [1.165, 1.54) is 0 Å². The minimum absolute atomic E-state index is 0.0501. The van der Waals surface area contributed by atoms with Crippen LogP contribution in [0.4, 0.5) is 5.82 Å². The van der Waals surface area contributed by atoms with Crippen molar-refractivity contribution < 1.29 is 18.0 Å². The number of fused-ring (bicyclic) bond motifs is 1. The van der Waals surface area contributed by atoms with Gasteiger partial charge in [0, 0.05) is 36.2 Å². The number of hydrogen-bond acceptors (Lipinski definition) is 7. The maximum Gasteiger partial charge on any atom is 0.235 e. The summed E-state index contributed by atoms with van der Waals surface area (Å²) >= 11 is 0. The Balaban J connectivity index is 1.65. The number of sulfonamides is 1. The van der Waals surface area contributed by atoms with Gasteiger partial charge in [-0.15, -0.1) is 0 Å². The summed E-state index contributed by atoms with van der Waals surface area (Å²) in [6.07, 6.45) is 0.184. The van der Waals surface area contributed by atoms with Crippen LogP contribution in [0.5, 0.6) is 0 Å². The Bertz CT molecular complexity index is 1420. The van der Waals surface area contributed by atoms with Gasteiger partial charge in [0.15, 0.2) is 11.5 Å². The zero-order valence-corrected chi connectivity index (χ0v) is 19.3. The van der Waals surface area contributed by atoms with Gasteiger partial charge >= 0.3 is 0 Å². The fourth-order valence-electron chi connectivity index (χ4n) is 4.17.